The van der Waals surface area contributed by atoms with E-state index in [2.05, 4.69) is 6.92 Å². The van der Waals surface area contributed by atoms with Crippen LogP contribution in [0.3, 0.4) is 0 Å². The van der Waals surface area contributed by atoms with E-state index < -0.39 is 6.10 Å². The molecule has 1 N–H and O–H groups in total. The van der Waals surface area contributed by atoms with Crippen LogP contribution in [0.15, 0.2) is 0 Å². The molecule has 4 nitrogen and oxygen atoms in total. The van der Waals surface area contributed by atoms with Crippen LogP contribution in [0, 0.1) is 5.92 Å². The molecular formula is C14H28O4. The van der Waals surface area contributed by atoms with E-state index in [-0.39, 0.29) is 31.2 Å². The second-order valence-corrected chi connectivity index (χ2v) is 4.91. The van der Waals surface area contributed by atoms with Gasteiger partial charge < -0.3 is 14.6 Å². The molecule has 0 saturated carbocycles. The fourth-order valence-electron chi connectivity index (χ4n) is 1.59. The van der Waals surface area contributed by atoms with Gasteiger partial charge in [-0.25, -0.2) is 0 Å². The Kier molecular flexibility index (Phi) is 9.98. The summed E-state index contributed by atoms with van der Waals surface area (Å²) in [5.74, 6) is -0.238. The molecule has 0 aromatic carbocycles. The maximum atomic E-state index is 11.7. The summed E-state index contributed by atoms with van der Waals surface area (Å²) in [6.45, 7) is 8.11. The van der Waals surface area contributed by atoms with Gasteiger partial charge in [-0.05, 0) is 26.7 Å². The highest BCUT2D eigenvalue weighted by Gasteiger charge is 2.18. The van der Waals surface area contributed by atoms with Crippen molar-refractivity contribution in [3.8, 4) is 0 Å². The standard InChI is InChI=1S/C14H28O4/c1-5-7-8-12(6-2)14(16)18-10-13(15)9-17-11(3)4/h11-13,15H,5-10H2,1-4H3. The highest BCUT2D eigenvalue weighted by Crippen LogP contribution is 2.14. The van der Waals surface area contributed by atoms with Crippen molar-refractivity contribution < 1.29 is 19.4 Å². The van der Waals surface area contributed by atoms with Crippen LogP contribution in [0.5, 0.6) is 0 Å². The number of hydrogen-bond donors (Lipinski definition) is 1. The zero-order valence-corrected chi connectivity index (χ0v) is 12.1. The Morgan fingerprint density at radius 1 is 1.22 bits per heavy atom. The van der Waals surface area contributed by atoms with E-state index in [1.165, 1.54) is 0 Å². The molecule has 0 aromatic heterocycles. The first kappa shape index (κ1) is 17.4. The van der Waals surface area contributed by atoms with E-state index in [9.17, 15) is 9.90 Å². The number of hydrogen-bond acceptors (Lipinski definition) is 4. The first-order valence-corrected chi connectivity index (χ1v) is 6.97. The minimum Gasteiger partial charge on any atom is -0.463 e. The van der Waals surface area contributed by atoms with Crippen LogP contribution in [0.25, 0.3) is 0 Å². The van der Waals surface area contributed by atoms with E-state index in [4.69, 9.17) is 9.47 Å². The summed E-state index contributed by atoms with van der Waals surface area (Å²) in [7, 11) is 0. The largest absolute Gasteiger partial charge is 0.463 e. The van der Waals surface area contributed by atoms with E-state index in [0.717, 1.165) is 25.7 Å². The van der Waals surface area contributed by atoms with Crippen molar-refractivity contribution in [2.45, 2.75) is 65.6 Å². The maximum Gasteiger partial charge on any atom is 0.309 e. The fraction of sp³-hybridized carbons (Fsp3) is 0.929. The molecule has 0 aliphatic heterocycles. The van der Waals surface area contributed by atoms with Crippen LogP contribution in [-0.4, -0.2) is 36.5 Å². The molecule has 18 heavy (non-hydrogen) atoms. The van der Waals surface area contributed by atoms with Gasteiger partial charge in [0.25, 0.3) is 0 Å². The van der Waals surface area contributed by atoms with Crippen molar-refractivity contribution in [1.29, 1.82) is 0 Å². The number of unbranched alkanes of at least 4 members (excludes halogenated alkanes) is 1. The SMILES string of the molecule is CCCCC(CC)C(=O)OCC(O)COC(C)C. The van der Waals surface area contributed by atoms with Crippen molar-refractivity contribution in [1.82, 2.24) is 0 Å². The van der Waals surface area contributed by atoms with E-state index >= 15 is 0 Å². The summed E-state index contributed by atoms with van der Waals surface area (Å²) in [4.78, 5) is 11.7. The Hall–Kier alpha value is -0.610. The van der Waals surface area contributed by atoms with Crippen LogP contribution in [-0.2, 0) is 14.3 Å². The molecule has 0 saturated heterocycles. The molecule has 0 radical (unpaired) electrons. The Bertz CT molecular complexity index is 216. The molecule has 4 heteroatoms. The third-order valence-corrected chi connectivity index (χ3v) is 2.77. The van der Waals surface area contributed by atoms with Crippen molar-refractivity contribution in [2.24, 2.45) is 5.92 Å². The van der Waals surface area contributed by atoms with Gasteiger partial charge in [0.15, 0.2) is 0 Å². The number of esters is 1. The van der Waals surface area contributed by atoms with Gasteiger partial charge in [0.2, 0.25) is 0 Å². The minimum absolute atomic E-state index is 0.0220. The Morgan fingerprint density at radius 3 is 2.39 bits per heavy atom. The van der Waals surface area contributed by atoms with E-state index in [1.807, 2.05) is 20.8 Å². The van der Waals surface area contributed by atoms with Gasteiger partial charge in [-0.1, -0.05) is 26.7 Å². The van der Waals surface area contributed by atoms with Crippen LogP contribution >= 0.6 is 0 Å². The summed E-state index contributed by atoms with van der Waals surface area (Å²) in [6.07, 6.45) is 3.10. The van der Waals surface area contributed by atoms with Gasteiger partial charge in [0, 0.05) is 0 Å². The van der Waals surface area contributed by atoms with Crippen molar-refractivity contribution >= 4 is 5.97 Å². The molecule has 0 amide bonds. The first-order valence-electron chi connectivity index (χ1n) is 6.97. The summed E-state index contributed by atoms with van der Waals surface area (Å²) < 4.78 is 10.4. The molecule has 0 heterocycles. The average Bonchev–Trinajstić information content (AvgIpc) is 2.34. The lowest BCUT2D eigenvalue weighted by molar-refractivity contribution is -0.153. The normalized spacial score (nSPS) is 14.6. The number of aliphatic hydroxyl groups excluding tert-OH is 1. The predicted molar refractivity (Wildman–Crippen MR) is 71.4 cm³/mol. The fourth-order valence-corrected chi connectivity index (χ4v) is 1.59. The number of ether oxygens (including phenoxy) is 2. The molecule has 0 bridgehead atoms. The number of carbonyl (C=O) groups is 1. The lowest BCUT2D eigenvalue weighted by Gasteiger charge is -2.17. The van der Waals surface area contributed by atoms with E-state index in [0.29, 0.717) is 0 Å². The van der Waals surface area contributed by atoms with Crippen molar-refractivity contribution in [3.63, 3.8) is 0 Å². The van der Waals surface area contributed by atoms with Crippen LogP contribution in [0.4, 0.5) is 0 Å². The van der Waals surface area contributed by atoms with Gasteiger partial charge in [-0.3, -0.25) is 4.79 Å². The molecule has 2 atom stereocenters. The lowest BCUT2D eigenvalue weighted by Crippen LogP contribution is -2.27. The molecule has 0 rings (SSSR count). The molecule has 0 fully saturated rings. The molecule has 0 aliphatic rings. The van der Waals surface area contributed by atoms with Crippen LogP contribution < -0.4 is 0 Å². The summed E-state index contributed by atoms with van der Waals surface area (Å²) in [6, 6.07) is 0. The Morgan fingerprint density at radius 2 is 1.89 bits per heavy atom. The van der Waals surface area contributed by atoms with Gasteiger partial charge >= 0.3 is 5.97 Å². The summed E-state index contributed by atoms with van der Waals surface area (Å²) >= 11 is 0. The Balaban J connectivity index is 3.84. The highest BCUT2D eigenvalue weighted by molar-refractivity contribution is 5.72. The highest BCUT2D eigenvalue weighted by atomic mass is 16.5. The van der Waals surface area contributed by atoms with Crippen molar-refractivity contribution in [2.75, 3.05) is 13.2 Å². The van der Waals surface area contributed by atoms with Gasteiger partial charge in [-0.2, -0.15) is 0 Å². The van der Waals surface area contributed by atoms with Gasteiger partial charge in [-0.15, -0.1) is 0 Å². The first-order chi connectivity index (χ1) is 8.51. The second-order valence-electron chi connectivity index (χ2n) is 4.91. The maximum absolute atomic E-state index is 11.7. The summed E-state index contributed by atoms with van der Waals surface area (Å²) in [5.41, 5.74) is 0. The molecule has 108 valence electrons. The topological polar surface area (TPSA) is 55.8 Å². The number of aliphatic hydroxyl groups is 1. The zero-order chi connectivity index (χ0) is 14.0. The molecule has 0 aliphatic carbocycles. The van der Waals surface area contributed by atoms with Crippen molar-refractivity contribution in [3.05, 3.63) is 0 Å². The van der Waals surface area contributed by atoms with Crippen LogP contribution in [0.1, 0.15) is 53.4 Å². The molecule has 2 unspecified atom stereocenters. The zero-order valence-electron chi connectivity index (χ0n) is 12.1. The van der Waals surface area contributed by atoms with Crippen LogP contribution in [0.2, 0.25) is 0 Å². The second kappa shape index (κ2) is 10.3. The smallest absolute Gasteiger partial charge is 0.309 e. The minimum atomic E-state index is -0.736. The molecular weight excluding hydrogens is 232 g/mol. The van der Waals surface area contributed by atoms with Gasteiger partial charge in [0.05, 0.1) is 18.6 Å². The Labute approximate surface area is 111 Å². The number of carbonyl (C=O) groups excluding carboxylic acids is 1. The summed E-state index contributed by atoms with van der Waals surface area (Å²) in [5, 5.41) is 9.58. The third-order valence-electron chi connectivity index (χ3n) is 2.77. The quantitative estimate of drug-likeness (QED) is 0.613. The van der Waals surface area contributed by atoms with Gasteiger partial charge in [0.1, 0.15) is 12.7 Å². The lowest BCUT2D eigenvalue weighted by atomic mass is 10.00. The monoisotopic (exact) mass is 260 g/mol. The van der Waals surface area contributed by atoms with E-state index in [1.54, 1.807) is 0 Å². The molecule has 0 aromatic rings. The third kappa shape index (κ3) is 8.48. The predicted octanol–water partition coefficient (Wildman–Crippen LogP) is 2.53. The molecule has 0 spiro atoms. The number of rotatable bonds is 10. The average molecular weight is 260 g/mol.